The van der Waals surface area contributed by atoms with Crippen LogP contribution in [0.5, 0.6) is 11.5 Å². The van der Waals surface area contributed by atoms with Gasteiger partial charge in [0.2, 0.25) is 0 Å². The maximum Gasteiger partial charge on any atom is 0.387 e. The molecule has 22 heavy (non-hydrogen) atoms. The largest absolute Gasteiger partial charge is 0.493 e. The average molecular weight is 309 g/mol. The first-order chi connectivity index (χ1) is 10.6. The zero-order valence-corrected chi connectivity index (χ0v) is 11.5. The minimum atomic E-state index is -2.96. The molecule has 1 amide bonds. The van der Waals surface area contributed by atoms with E-state index in [1.165, 1.54) is 25.5 Å². The van der Waals surface area contributed by atoms with E-state index in [2.05, 4.69) is 20.2 Å². The van der Waals surface area contributed by atoms with E-state index in [4.69, 9.17) is 4.74 Å². The summed E-state index contributed by atoms with van der Waals surface area (Å²) >= 11 is 0. The van der Waals surface area contributed by atoms with Crippen LogP contribution in [0.25, 0.3) is 0 Å². The van der Waals surface area contributed by atoms with Crippen LogP contribution in [0.1, 0.15) is 16.1 Å². The number of ether oxygens (including phenoxy) is 2. The molecule has 0 saturated carbocycles. The SMILES string of the molecule is COc1ccc(/C=N\NC(=O)c2ccc[nH]2)cc1OC(F)F. The Morgan fingerprint density at radius 1 is 1.36 bits per heavy atom. The Morgan fingerprint density at radius 2 is 2.18 bits per heavy atom. The van der Waals surface area contributed by atoms with E-state index in [1.54, 1.807) is 24.4 Å². The second kappa shape index (κ2) is 7.21. The van der Waals surface area contributed by atoms with Crippen LogP contribution in [0, 0.1) is 0 Å². The van der Waals surface area contributed by atoms with Crippen molar-refractivity contribution in [2.24, 2.45) is 5.10 Å². The highest BCUT2D eigenvalue weighted by Crippen LogP contribution is 2.28. The summed E-state index contributed by atoms with van der Waals surface area (Å²) < 4.78 is 33.9. The molecule has 0 fully saturated rings. The van der Waals surface area contributed by atoms with Crippen molar-refractivity contribution in [2.45, 2.75) is 6.61 Å². The maximum atomic E-state index is 12.3. The van der Waals surface area contributed by atoms with Crippen molar-refractivity contribution in [1.82, 2.24) is 10.4 Å². The zero-order valence-electron chi connectivity index (χ0n) is 11.5. The molecule has 0 bridgehead atoms. The molecule has 8 heteroatoms. The van der Waals surface area contributed by atoms with Gasteiger partial charge in [-0.15, -0.1) is 0 Å². The minimum Gasteiger partial charge on any atom is -0.493 e. The molecule has 6 nitrogen and oxygen atoms in total. The average Bonchev–Trinajstić information content (AvgIpc) is 3.01. The van der Waals surface area contributed by atoms with E-state index >= 15 is 0 Å². The molecule has 0 saturated heterocycles. The smallest absolute Gasteiger partial charge is 0.387 e. The number of methoxy groups -OCH3 is 1. The molecule has 0 atom stereocenters. The number of hydrazone groups is 1. The summed E-state index contributed by atoms with van der Waals surface area (Å²) in [4.78, 5) is 14.3. The monoisotopic (exact) mass is 309 g/mol. The standard InChI is InChI=1S/C14H13F2N3O3/c1-21-11-5-4-9(7-12(11)22-14(15)16)8-18-19-13(20)10-3-2-6-17-10/h2-8,14,17H,1H3,(H,19,20)/b18-8-. The number of hydrogen-bond acceptors (Lipinski definition) is 4. The van der Waals surface area contributed by atoms with Gasteiger partial charge in [0.1, 0.15) is 5.69 Å². The number of aromatic amines is 1. The first kappa shape index (κ1) is 15.5. The Hall–Kier alpha value is -2.90. The first-order valence-corrected chi connectivity index (χ1v) is 6.20. The van der Waals surface area contributed by atoms with Crippen LogP contribution in [-0.4, -0.2) is 30.8 Å². The molecule has 0 aliphatic rings. The van der Waals surface area contributed by atoms with Gasteiger partial charge in [0.05, 0.1) is 13.3 Å². The number of alkyl halides is 2. The summed E-state index contributed by atoms with van der Waals surface area (Å²) in [5, 5.41) is 3.74. The van der Waals surface area contributed by atoms with Gasteiger partial charge in [0.25, 0.3) is 5.91 Å². The topological polar surface area (TPSA) is 75.7 Å². The fraction of sp³-hybridized carbons (Fsp3) is 0.143. The first-order valence-electron chi connectivity index (χ1n) is 6.20. The van der Waals surface area contributed by atoms with Gasteiger partial charge in [-0.3, -0.25) is 4.79 Å². The third kappa shape index (κ3) is 4.05. The predicted octanol–water partition coefficient (Wildman–Crippen LogP) is 2.39. The third-order valence-corrected chi connectivity index (χ3v) is 2.63. The molecule has 1 aromatic heterocycles. The number of hydrogen-bond donors (Lipinski definition) is 2. The molecule has 0 aliphatic carbocycles. The van der Waals surface area contributed by atoms with Crippen LogP contribution >= 0.6 is 0 Å². The highest BCUT2D eigenvalue weighted by Gasteiger charge is 2.10. The summed E-state index contributed by atoms with van der Waals surface area (Å²) in [6.45, 7) is -2.96. The van der Waals surface area contributed by atoms with Crippen LogP contribution in [0.4, 0.5) is 8.78 Å². The van der Waals surface area contributed by atoms with Crippen molar-refractivity contribution in [1.29, 1.82) is 0 Å². The fourth-order valence-corrected chi connectivity index (χ4v) is 1.66. The van der Waals surface area contributed by atoms with E-state index in [0.29, 0.717) is 11.3 Å². The third-order valence-electron chi connectivity index (χ3n) is 2.63. The molecular weight excluding hydrogens is 296 g/mol. The molecule has 1 heterocycles. The van der Waals surface area contributed by atoms with Crippen molar-refractivity contribution >= 4 is 12.1 Å². The van der Waals surface area contributed by atoms with Crippen molar-refractivity contribution in [3.63, 3.8) is 0 Å². The number of rotatable bonds is 6. The number of carbonyl (C=O) groups is 1. The second-order valence-electron chi connectivity index (χ2n) is 4.07. The number of amides is 1. The molecule has 2 rings (SSSR count). The normalized spacial score (nSPS) is 10.9. The fourth-order valence-electron chi connectivity index (χ4n) is 1.66. The molecule has 0 aliphatic heterocycles. The van der Waals surface area contributed by atoms with Gasteiger partial charge >= 0.3 is 6.61 Å². The highest BCUT2D eigenvalue weighted by atomic mass is 19.3. The highest BCUT2D eigenvalue weighted by molar-refractivity contribution is 5.93. The second-order valence-corrected chi connectivity index (χ2v) is 4.07. The van der Waals surface area contributed by atoms with Crippen LogP contribution in [0.2, 0.25) is 0 Å². The van der Waals surface area contributed by atoms with E-state index in [0.717, 1.165) is 0 Å². The van der Waals surface area contributed by atoms with E-state index < -0.39 is 12.5 Å². The van der Waals surface area contributed by atoms with Crippen LogP contribution in [0.3, 0.4) is 0 Å². The van der Waals surface area contributed by atoms with E-state index in [9.17, 15) is 13.6 Å². The van der Waals surface area contributed by atoms with Gasteiger partial charge in [-0.25, -0.2) is 5.43 Å². The number of carbonyl (C=O) groups excluding carboxylic acids is 1. The van der Waals surface area contributed by atoms with Crippen LogP contribution < -0.4 is 14.9 Å². The number of nitrogens with zero attached hydrogens (tertiary/aromatic N) is 1. The lowest BCUT2D eigenvalue weighted by Crippen LogP contribution is -2.17. The lowest BCUT2D eigenvalue weighted by atomic mass is 10.2. The zero-order chi connectivity index (χ0) is 15.9. The molecule has 0 radical (unpaired) electrons. The summed E-state index contributed by atoms with van der Waals surface area (Å²) in [6.07, 6.45) is 2.91. The molecule has 1 aromatic carbocycles. The molecule has 2 aromatic rings. The molecule has 116 valence electrons. The Morgan fingerprint density at radius 3 is 2.82 bits per heavy atom. The Balaban J connectivity index is 2.05. The van der Waals surface area contributed by atoms with E-state index in [1.807, 2.05) is 0 Å². The number of halogens is 2. The van der Waals surface area contributed by atoms with Crippen molar-refractivity contribution in [2.75, 3.05) is 7.11 Å². The van der Waals surface area contributed by atoms with E-state index in [-0.39, 0.29) is 11.5 Å². The quantitative estimate of drug-likeness (QED) is 0.635. The van der Waals surface area contributed by atoms with Crippen LogP contribution in [0.15, 0.2) is 41.6 Å². The molecule has 0 spiro atoms. The summed E-state index contributed by atoms with van der Waals surface area (Å²) in [5.41, 5.74) is 3.12. The van der Waals surface area contributed by atoms with Crippen molar-refractivity contribution < 1.29 is 23.0 Å². The summed E-state index contributed by atoms with van der Waals surface area (Å²) in [7, 11) is 1.35. The predicted molar refractivity (Wildman–Crippen MR) is 75.5 cm³/mol. The minimum absolute atomic E-state index is 0.114. The van der Waals surface area contributed by atoms with Gasteiger partial charge in [-0.05, 0) is 35.9 Å². The van der Waals surface area contributed by atoms with Gasteiger partial charge in [0, 0.05) is 6.20 Å². The summed E-state index contributed by atoms with van der Waals surface area (Å²) in [6, 6.07) is 7.64. The van der Waals surface area contributed by atoms with Gasteiger partial charge in [-0.2, -0.15) is 13.9 Å². The molecular formula is C14H13F2N3O3. The maximum absolute atomic E-state index is 12.3. The lowest BCUT2D eigenvalue weighted by Gasteiger charge is -2.10. The van der Waals surface area contributed by atoms with Gasteiger partial charge in [-0.1, -0.05) is 0 Å². The Labute approximate surface area is 124 Å². The van der Waals surface area contributed by atoms with Crippen molar-refractivity contribution in [3.8, 4) is 11.5 Å². The van der Waals surface area contributed by atoms with Gasteiger partial charge < -0.3 is 14.5 Å². The van der Waals surface area contributed by atoms with Crippen molar-refractivity contribution in [3.05, 3.63) is 47.8 Å². The van der Waals surface area contributed by atoms with Crippen LogP contribution in [-0.2, 0) is 0 Å². The molecule has 2 N–H and O–H groups in total. The Bertz CT molecular complexity index is 657. The Kier molecular flexibility index (Phi) is 5.07. The number of aromatic nitrogens is 1. The number of H-pyrrole nitrogens is 1. The summed E-state index contributed by atoms with van der Waals surface area (Å²) in [5.74, 6) is -0.358. The number of nitrogens with one attached hydrogen (secondary N) is 2. The number of benzene rings is 1. The molecule has 0 unspecified atom stereocenters. The van der Waals surface area contributed by atoms with Gasteiger partial charge in [0.15, 0.2) is 11.5 Å². The lowest BCUT2D eigenvalue weighted by molar-refractivity contribution is -0.0512.